The molecule has 0 fully saturated rings. The Balaban J connectivity index is 0.000000150. The van der Waals surface area contributed by atoms with E-state index >= 15 is 0 Å². The van der Waals surface area contributed by atoms with E-state index < -0.39 is 0 Å². The fraction of sp³-hybridized carbons (Fsp3) is 0.0174. The van der Waals surface area contributed by atoms with Crippen LogP contribution in [0.4, 0.5) is 13.2 Å². The Morgan fingerprint density at radius 3 is 0.748 bits per heavy atom. The average molecular weight is 2470 g/mol. The molecule has 666 valence electrons. The van der Waals surface area contributed by atoms with Crippen LogP contribution in [0.5, 0.6) is 0 Å². The predicted molar refractivity (Wildman–Crippen MR) is 514 cm³/mol. The van der Waals surface area contributed by atoms with Crippen LogP contribution in [0.3, 0.4) is 0 Å². The summed E-state index contributed by atoms with van der Waals surface area (Å²) in [5, 5.41) is 8.80. The van der Waals surface area contributed by atoms with E-state index in [2.05, 4.69) is 117 Å². The number of aromatic nitrogens is 12. The van der Waals surface area contributed by atoms with Crippen molar-refractivity contribution in [1.82, 2.24) is 59.8 Å². The standard InChI is InChI=1S/C20H11F2N2.C20H13N2.C16H10N3.C15H10FN2.4C11H8N.4Ir/c21-15-9-5-13(6-10-15)19-20(14-7-11-16(22)12-8-14)24-18-4-2-1-3-17(18)23-19;1-3-9-15(10-4-1)19-20(16-11-5-2-6-12-16)22-18-14-8-7-13-17(18)21-19;1-11-16(13-8-6-12(10-17)7-9-13)19-15-5-3-2-4-14(15)18-11;1-10-15(11-6-8-12(16)9-7-11)18-14-5-3-2-4-13(14)17-10;4*1-2-6-10(7-3-1)11-8-4-5-9-12-11;;;;/h1-7,9-12H;1-11,13-14H;2-8H,1H3;2-6,8-9H,1H3;4*1-6,8-9H;;;;/q8*-1;;;;. The van der Waals surface area contributed by atoms with Crippen molar-refractivity contribution < 1.29 is 93.6 Å². The number of benzene rings is 14. The zero-order valence-corrected chi connectivity index (χ0v) is 81.8. The van der Waals surface area contributed by atoms with Gasteiger partial charge in [-0.15, -0.1) is 269 Å². The van der Waals surface area contributed by atoms with Gasteiger partial charge in [-0.1, -0.05) is 140 Å². The van der Waals surface area contributed by atoms with Gasteiger partial charge >= 0.3 is 0 Å². The van der Waals surface area contributed by atoms with E-state index in [0.717, 1.165) is 151 Å². The van der Waals surface area contributed by atoms with Gasteiger partial charge in [-0.05, 0) is 138 Å². The van der Waals surface area contributed by atoms with Crippen LogP contribution in [-0.2, 0) is 80.4 Å². The molecule has 135 heavy (non-hydrogen) atoms. The first kappa shape index (κ1) is 100. The number of hydrogen-bond acceptors (Lipinski definition) is 13. The third-order valence-corrected chi connectivity index (χ3v) is 19.6. The summed E-state index contributed by atoms with van der Waals surface area (Å²) >= 11 is 0. The van der Waals surface area contributed by atoms with E-state index in [1.807, 2.05) is 329 Å². The number of hydrogen-bond donors (Lipinski definition) is 0. The smallest absolute Gasteiger partial charge is 0.123 e. The molecular weight excluding hydrogens is 2390 g/mol. The minimum Gasteiger partial charge on any atom is -0.305 e. The Labute approximate surface area is 836 Å². The molecule has 13 nitrogen and oxygen atoms in total. The second-order valence-corrected chi connectivity index (χ2v) is 28.7. The fourth-order valence-electron chi connectivity index (χ4n) is 13.3. The molecule has 8 aromatic heterocycles. The number of nitrogens with zero attached hydrogens (tertiary/aromatic N) is 13. The zero-order valence-electron chi connectivity index (χ0n) is 72.2. The van der Waals surface area contributed by atoms with Gasteiger partial charge in [0.25, 0.3) is 0 Å². The number of nitriles is 1. The maximum Gasteiger partial charge on any atom is 0.123 e. The Bertz CT molecular complexity index is 6800. The second kappa shape index (κ2) is 52.2. The van der Waals surface area contributed by atoms with Gasteiger partial charge in [0.1, 0.15) is 5.82 Å². The summed E-state index contributed by atoms with van der Waals surface area (Å²) in [6.45, 7) is 3.83. The summed E-state index contributed by atoms with van der Waals surface area (Å²) in [7, 11) is 0. The van der Waals surface area contributed by atoms with Gasteiger partial charge in [0.15, 0.2) is 0 Å². The molecule has 22 rings (SSSR count). The SMILES string of the molecule is Cc1nc2ccccc2nc1-c1[c-]cc(C#N)cc1.Cc1nc2ccccc2nc1-c1[c-]cc(F)cc1.Fc1c[c-]c(-c2nc3ccccc3nc2-c2ccc(F)cc2)cc1.[Ir].[Ir].[Ir].[Ir].[c-]1ccccc1-c1ccccn1.[c-]1ccccc1-c1ccccn1.[c-]1ccccc1-c1ccccn1.[c-]1ccccc1-c1ccccn1.[c-]1ccccc1-c1nc2ccccc2nc1-c1ccccc1. The van der Waals surface area contributed by atoms with Crippen molar-refractivity contribution in [2.24, 2.45) is 0 Å². The summed E-state index contributed by atoms with van der Waals surface area (Å²) in [6.07, 6.45) is 7.15. The molecule has 0 N–H and O–H groups in total. The second-order valence-electron chi connectivity index (χ2n) is 28.7. The van der Waals surface area contributed by atoms with Crippen molar-refractivity contribution in [3.63, 3.8) is 0 Å². The molecule has 0 aliphatic rings. The molecule has 0 aliphatic carbocycles. The molecule has 0 saturated carbocycles. The van der Waals surface area contributed by atoms with Crippen molar-refractivity contribution in [2.45, 2.75) is 13.8 Å². The van der Waals surface area contributed by atoms with Crippen LogP contribution in [0.2, 0.25) is 0 Å². The quantitative estimate of drug-likeness (QED) is 0.118. The Morgan fingerprint density at radius 2 is 0.467 bits per heavy atom. The normalized spacial score (nSPS) is 10.0. The van der Waals surface area contributed by atoms with Crippen molar-refractivity contribution >= 4 is 44.1 Å². The van der Waals surface area contributed by atoms with Gasteiger partial charge in [-0.25, -0.2) is 9.65 Å². The summed E-state index contributed by atoms with van der Waals surface area (Å²) < 4.78 is 39.3. The van der Waals surface area contributed by atoms with Gasteiger partial charge in [-0.2, -0.15) is 0 Å². The van der Waals surface area contributed by atoms with Crippen LogP contribution in [0.15, 0.2) is 425 Å². The van der Waals surface area contributed by atoms with Crippen molar-refractivity contribution in [3.8, 4) is 119 Å². The molecule has 0 saturated heterocycles. The molecular formula is C115H76F3Ir4N13-8. The number of aryl methyl sites for hydroxylation is 2. The van der Waals surface area contributed by atoms with Gasteiger partial charge in [0, 0.05) is 157 Å². The number of halogens is 3. The topological polar surface area (TPSA) is 178 Å². The fourth-order valence-corrected chi connectivity index (χ4v) is 13.3. The minimum atomic E-state index is -0.365. The number of para-hydroxylation sites is 8. The van der Waals surface area contributed by atoms with Gasteiger partial charge < -0.3 is 19.9 Å². The van der Waals surface area contributed by atoms with Crippen molar-refractivity contribution in [1.29, 1.82) is 5.26 Å². The molecule has 0 atom stereocenters. The maximum atomic E-state index is 13.2. The first-order chi connectivity index (χ1) is 64.5. The molecule has 22 aromatic rings. The molecule has 0 unspecified atom stereocenters. The van der Waals surface area contributed by atoms with Crippen molar-refractivity contribution in [2.75, 3.05) is 0 Å². The number of pyridine rings is 4. The Hall–Kier alpha value is -15.1. The Kier molecular flexibility index (Phi) is 38.9. The molecule has 4 radical (unpaired) electrons. The van der Waals surface area contributed by atoms with E-state index in [4.69, 9.17) is 15.2 Å². The van der Waals surface area contributed by atoms with Crippen LogP contribution >= 0.6 is 0 Å². The van der Waals surface area contributed by atoms with Crippen LogP contribution in [0.1, 0.15) is 17.0 Å². The van der Waals surface area contributed by atoms with Crippen LogP contribution in [0.25, 0.3) is 157 Å². The minimum absolute atomic E-state index is 0. The van der Waals surface area contributed by atoms with Gasteiger partial charge in [0.2, 0.25) is 0 Å². The van der Waals surface area contributed by atoms with Crippen LogP contribution < -0.4 is 0 Å². The van der Waals surface area contributed by atoms with E-state index in [0.29, 0.717) is 22.5 Å². The third kappa shape index (κ3) is 28.5. The zero-order chi connectivity index (χ0) is 90.0. The van der Waals surface area contributed by atoms with Crippen molar-refractivity contribution in [3.05, 3.63) is 508 Å². The molecule has 0 aliphatic heterocycles. The van der Waals surface area contributed by atoms with Crippen LogP contribution in [0, 0.1) is 91.2 Å². The first-order valence-electron chi connectivity index (χ1n) is 41.6. The monoisotopic (exact) mass is 2470 g/mol. The Morgan fingerprint density at radius 1 is 0.215 bits per heavy atom. The molecule has 0 bridgehead atoms. The maximum absolute atomic E-state index is 13.2. The van der Waals surface area contributed by atoms with E-state index in [9.17, 15) is 13.2 Å². The molecule has 14 aromatic carbocycles. The van der Waals surface area contributed by atoms with Gasteiger partial charge in [-0.3, -0.25) is 48.7 Å². The van der Waals surface area contributed by atoms with E-state index in [1.165, 1.54) is 36.4 Å². The molecule has 0 amide bonds. The number of fused-ring (bicyclic) bond motifs is 4. The largest absolute Gasteiger partial charge is 0.305 e. The number of rotatable bonds is 10. The average Bonchev–Trinajstić information content (AvgIpc) is 0.780. The summed E-state index contributed by atoms with van der Waals surface area (Å²) in [5.74, 6) is -0.983. The summed E-state index contributed by atoms with van der Waals surface area (Å²) in [5.41, 5.74) is 26.5. The molecule has 8 heterocycles. The van der Waals surface area contributed by atoms with Gasteiger partial charge in [0.05, 0.1) is 55.5 Å². The predicted octanol–water partition coefficient (Wildman–Crippen LogP) is 26.8. The van der Waals surface area contributed by atoms with Crippen LogP contribution in [-0.4, -0.2) is 59.8 Å². The summed E-state index contributed by atoms with van der Waals surface area (Å²) in [6, 6.07) is 150. The van der Waals surface area contributed by atoms with E-state index in [1.54, 1.807) is 61.2 Å². The first-order valence-corrected chi connectivity index (χ1v) is 41.6. The molecule has 0 spiro atoms. The third-order valence-electron chi connectivity index (χ3n) is 19.6. The summed E-state index contributed by atoms with van der Waals surface area (Å²) in [4.78, 5) is 54.1. The molecule has 20 heteroatoms. The van der Waals surface area contributed by atoms with E-state index in [-0.39, 0.29) is 97.9 Å².